The van der Waals surface area contributed by atoms with Gasteiger partial charge in [-0.3, -0.25) is 4.79 Å². The molecule has 0 saturated heterocycles. The van der Waals surface area contributed by atoms with E-state index in [9.17, 15) is 9.59 Å². The molecule has 2 N–H and O–H groups in total. The van der Waals surface area contributed by atoms with Crippen LogP contribution < -0.4 is 20.1 Å². The van der Waals surface area contributed by atoms with Crippen LogP contribution >= 0.6 is 0 Å². The third-order valence-electron chi connectivity index (χ3n) is 7.59. The summed E-state index contributed by atoms with van der Waals surface area (Å²) in [6.45, 7) is 9.65. The molecule has 2 aliphatic carbocycles. The molecule has 2 aliphatic heterocycles. The van der Waals surface area contributed by atoms with Crippen molar-refractivity contribution in [1.29, 1.82) is 0 Å². The van der Waals surface area contributed by atoms with Gasteiger partial charge in [0.25, 0.3) is 11.7 Å². The lowest BCUT2D eigenvalue weighted by Gasteiger charge is -2.37. The van der Waals surface area contributed by atoms with Crippen molar-refractivity contribution in [2.45, 2.75) is 96.0 Å². The Bertz CT molecular complexity index is 1020. The number of carbonyl (C=O) groups is 2. The second-order valence-electron chi connectivity index (χ2n) is 11.2. The van der Waals surface area contributed by atoms with Gasteiger partial charge in [-0.2, -0.15) is 0 Å². The maximum absolute atomic E-state index is 15.7. The minimum absolute atomic E-state index is 0.0210. The Balaban J connectivity index is 1.32. The van der Waals surface area contributed by atoms with E-state index in [1.54, 1.807) is 0 Å². The summed E-state index contributed by atoms with van der Waals surface area (Å²) in [5.74, 6) is -1.18. The zero-order valence-electron chi connectivity index (χ0n) is 20.0. The lowest BCUT2D eigenvalue weighted by atomic mass is 9.81. The molecular formula is C25H33FN2O5. The first-order valence-corrected chi connectivity index (χ1v) is 11.9. The molecule has 2 saturated carbocycles. The number of amides is 2. The van der Waals surface area contributed by atoms with Crippen LogP contribution in [0, 0.1) is 18.7 Å². The molecule has 8 heteroatoms. The standard InChI is InChI=1S/C25H33FN2O5/c1-13-16-17(25(10-11-25)12-27-21(16)29)18(26)20-19(13)31-24(5,32-20)14-6-8-15(9-7-14)28-22(30)33-23(2,3)4/h14-15H,6-12H2,1-5H3,(H,27,29)(H,28,30). The summed E-state index contributed by atoms with van der Waals surface area (Å²) in [6.07, 6.45) is 4.35. The number of halogens is 1. The SMILES string of the molecule is Cc1c2c(c(F)c3c1C(=O)NCC31CC1)OC(C)(C1CCC(NC(=O)OC(C)(C)C)CC1)O2. The average molecular weight is 461 g/mol. The van der Waals surface area contributed by atoms with E-state index in [-0.39, 0.29) is 29.0 Å². The third-order valence-corrected chi connectivity index (χ3v) is 7.59. The summed E-state index contributed by atoms with van der Waals surface area (Å²) in [4.78, 5) is 24.7. The minimum atomic E-state index is -1.01. The Morgan fingerprint density at radius 2 is 1.79 bits per heavy atom. The quantitative estimate of drug-likeness (QED) is 0.680. The molecule has 2 heterocycles. The molecule has 2 fully saturated rings. The Morgan fingerprint density at radius 1 is 1.15 bits per heavy atom. The van der Waals surface area contributed by atoms with E-state index in [2.05, 4.69) is 10.6 Å². The van der Waals surface area contributed by atoms with Crippen molar-refractivity contribution in [3.8, 4) is 11.5 Å². The maximum Gasteiger partial charge on any atom is 0.407 e. The number of nitrogens with one attached hydrogen (secondary N) is 2. The third kappa shape index (κ3) is 3.71. The van der Waals surface area contributed by atoms with Gasteiger partial charge in [-0.15, -0.1) is 0 Å². The van der Waals surface area contributed by atoms with Crippen LogP contribution in [0.15, 0.2) is 0 Å². The van der Waals surface area contributed by atoms with Crippen LogP contribution in [0.25, 0.3) is 0 Å². The largest absolute Gasteiger partial charge is 0.448 e. The molecular weight excluding hydrogens is 427 g/mol. The second kappa shape index (κ2) is 7.24. The highest BCUT2D eigenvalue weighted by Gasteiger charge is 2.55. The van der Waals surface area contributed by atoms with Crippen LogP contribution in [0.5, 0.6) is 11.5 Å². The lowest BCUT2D eigenvalue weighted by molar-refractivity contribution is -0.122. The Morgan fingerprint density at radius 3 is 2.39 bits per heavy atom. The van der Waals surface area contributed by atoms with Crippen molar-refractivity contribution < 1.29 is 28.2 Å². The topological polar surface area (TPSA) is 85.9 Å². The van der Waals surface area contributed by atoms with Gasteiger partial charge in [0.2, 0.25) is 5.75 Å². The van der Waals surface area contributed by atoms with Crippen LogP contribution in [0.4, 0.5) is 9.18 Å². The number of carbonyl (C=O) groups excluding carboxylic acids is 2. The Kier molecular flexibility index (Phi) is 4.89. The van der Waals surface area contributed by atoms with Crippen LogP contribution in [-0.4, -0.2) is 36.0 Å². The van der Waals surface area contributed by atoms with Gasteiger partial charge >= 0.3 is 6.09 Å². The molecule has 33 heavy (non-hydrogen) atoms. The molecule has 7 nitrogen and oxygen atoms in total. The summed E-state index contributed by atoms with van der Waals surface area (Å²) >= 11 is 0. The van der Waals surface area contributed by atoms with Crippen LogP contribution in [0.3, 0.4) is 0 Å². The number of fused-ring (bicyclic) bond motifs is 3. The van der Waals surface area contributed by atoms with Crippen molar-refractivity contribution in [2.24, 2.45) is 5.92 Å². The molecule has 0 radical (unpaired) electrons. The van der Waals surface area contributed by atoms with Gasteiger partial charge in [-0.1, -0.05) is 0 Å². The molecule has 5 rings (SSSR count). The number of hydrogen-bond acceptors (Lipinski definition) is 5. The maximum atomic E-state index is 15.7. The molecule has 2 amide bonds. The highest BCUT2D eigenvalue weighted by molar-refractivity contribution is 6.00. The first kappa shape index (κ1) is 22.3. The lowest BCUT2D eigenvalue weighted by Crippen LogP contribution is -2.48. The van der Waals surface area contributed by atoms with Gasteiger partial charge in [-0.05, 0) is 66.2 Å². The van der Waals surface area contributed by atoms with E-state index < -0.39 is 23.3 Å². The van der Waals surface area contributed by atoms with Gasteiger partial charge in [-0.25, -0.2) is 9.18 Å². The fraction of sp³-hybridized carbons (Fsp3) is 0.680. The molecule has 0 bridgehead atoms. The second-order valence-corrected chi connectivity index (χ2v) is 11.2. The van der Waals surface area contributed by atoms with E-state index in [4.69, 9.17) is 14.2 Å². The van der Waals surface area contributed by atoms with E-state index in [0.29, 0.717) is 29.0 Å². The summed E-state index contributed by atoms with van der Waals surface area (Å²) in [5, 5.41) is 5.87. The molecule has 180 valence electrons. The zero-order chi connectivity index (χ0) is 23.8. The molecule has 4 aliphatic rings. The van der Waals surface area contributed by atoms with Crippen LogP contribution in [0.2, 0.25) is 0 Å². The van der Waals surface area contributed by atoms with Gasteiger partial charge < -0.3 is 24.8 Å². The fourth-order valence-corrected chi connectivity index (χ4v) is 5.62. The van der Waals surface area contributed by atoms with E-state index in [0.717, 1.165) is 38.5 Å². The van der Waals surface area contributed by atoms with Gasteiger partial charge in [0.15, 0.2) is 11.6 Å². The highest BCUT2D eigenvalue weighted by atomic mass is 19.1. The molecule has 1 aromatic rings. The predicted molar refractivity (Wildman–Crippen MR) is 119 cm³/mol. The average Bonchev–Trinajstić information content (AvgIpc) is 3.40. The van der Waals surface area contributed by atoms with Crippen LogP contribution in [0.1, 0.15) is 87.7 Å². The normalized spacial score (nSPS) is 29.3. The van der Waals surface area contributed by atoms with Crippen molar-refractivity contribution in [3.05, 3.63) is 22.5 Å². The van der Waals surface area contributed by atoms with E-state index in [1.807, 2.05) is 34.6 Å². The first-order chi connectivity index (χ1) is 15.4. The zero-order valence-corrected chi connectivity index (χ0v) is 20.0. The van der Waals surface area contributed by atoms with Gasteiger partial charge in [0, 0.05) is 42.0 Å². The smallest absolute Gasteiger partial charge is 0.407 e. The Hall–Kier alpha value is -2.51. The first-order valence-electron chi connectivity index (χ1n) is 11.9. The molecule has 1 atom stereocenters. The Labute approximate surface area is 193 Å². The summed E-state index contributed by atoms with van der Waals surface area (Å²) in [5.41, 5.74) is 0.715. The van der Waals surface area contributed by atoms with Crippen molar-refractivity contribution in [2.75, 3.05) is 6.54 Å². The molecule has 1 aromatic carbocycles. The molecule has 1 unspecified atom stereocenters. The van der Waals surface area contributed by atoms with Gasteiger partial charge in [0.05, 0.1) is 5.56 Å². The van der Waals surface area contributed by atoms with Crippen molar-refractivity contribution >= 4 is 12.0 Å². The summed E-state index contributed by atoms with van der Waals surface area (Å²) < 4.78 is 33.6. The van der Waals surface area contributed by atoms with Crippen LogP contribution in [-0.2, 0) is 10.2 Å². The van der Waals surface area contributed by atoms with E-state index >= 15 is 4.39 Å². The molecule has 0 aromatic heterocycles. The van der Waals surface area contributed by atoms with E-state index in [1.165, 1.54) is 0 Å². The number of ether oxygens (including phenoxy) is 3. The highest BCUT2D eigenvalue weighted by Crippen LogP contribution is 2.58. The van der Waals surface area contributed by atoms with Crippen molar-refractivity contribution in [1.82, 2.24) is 10.6 Å². The monoisotopic (exact) mass is 460 g/mol. The summed E-state index contributed by atoms with van der Waals surface area (Å²) in [7, 11) is 0. The number of alkyl carbamates (subject to hydrolysis) is 1. The summed E-state index contributed by atoms with van der Waals surface area (Å²) in [6, 6.07) is 0.0210. The fourth-order valence-electron chi connectivity index (χ4n) is 5.62. The van der Waals surface area contributed by atoms with Gasteiger partial charge in [0.1, 0.15) is 5.60 Å². The minimum Gasteiger partial charge on any atom is -0.448 e. The molecule has 1 spiro atoms. The van der Waals surface area contributed by atoms with Crippen molar-refractivity contribution in [3.63, 3.8) is 0 Å². The predicted octanol–water partition coefficient (Wildman–Crippen LogP) is 4.48. The number of benzene rings is 1. The number of hydrogen-bond donors (Lipinski definition) is 2. The number of rotatable bonds is 2.